The highest BCUT2D eigenvalue weighted by Gasteiger charge is 2.12. The molecule has 28 heavy (non-hydrogen) atoms. The molecule has 0 spiro atoms. The van der Waals surface area contributed by atoms with E-state index >= 15 is 0 Å². The maximum atomic E-state index is 12.8. The van der Waals surface area contributed by atoms with Gasteiger partial charge in [-0.1, -0.05) is 17.7 Å². The summed E-state index contributed by atoms with van der Waals surface area (Å²) in [5, 5.41) is 3.46. The quantitative estimate of drug-likeness (QED) is 0.555. The first-order valence-electron chi connectivity index (χ1n) is 9.05. The van der Waals surface area contributed by atoms with Crippen molar-refractivity contribution in [1.29, 1.82) is 0 Å². The molecule has 3 heterocycles. The van der Waals surface area contributed by atoms with Crippen molar-refractivity contribution in [1.82, 2.24) is 14.0 Å². The summed E-state index contributed by atoms with van der Waals surface area (Å²) in [7, 11) is 0. The molecule has 0 bridgehead atoms. The maximum Gasteiger partial charge on any atom is 0.276 e. The highest BCUT2D eigenvalue weighted by Crippen LogP contribution is 2.20. The first kappa shape index (κ1) is 18.3. The molecule has 4 aromatic rings. The van der Waals surface area contributed by atoms with Gasteiger partial charge < -0.3 is 9.72 Å². The predicted molar refractivity (Wildman–Crippen MR) is 111 cm³/mol. The predicted octanol–water partition coefficient (Wildman–Crippen LogP) is 4.03. The second kappa shape index (κ2) is 7.48. The lowest BCUT2D eigenvalue weighted by molar-refractivity contribution is -0.116. The van der Waals surface area contributed by atoms with E-state index in [2.05, 4.69) is 10.3 Å². The molecule has 0 aliphatic heterocycles. The van der Waals surface area contributed by atoms with Crippen molar-refractivity contribution in [3.8, 4) is 0 Å². The summed E-state index contributed by atoms with van der Waals surface area (Å²) in [5.74, 6) is -0.117. The van der Waals surface area contributed by atoms with E-state index in [0.29, 0.717) is 41.3 Å². The number of benzene rings is 1. The van der Waals surface area contributed by atoms with Gasteiger partial charge in [0.05, 0.1) is 5.52 Å². The number of nitrogens with zero attached hydrogens (tertiary/aromatic N) is 3. The summed E-state index contributed by atoms with van der Waals surface area (Å²) < 4.78 is 3.48. The third-order valence-corrected chi connectivity index (χ3v) is 5.14. The second-order valence-electron chi connectivity index (χ2n) is 6.68. The Morgan fingerprint density at radius 1 is 1.18 bits per heavy atom. The van der Waals surface area contributed by atoms with Crippen LogP contribution in [0, 0.1) is 6.92 Å². The minimum Gasteiger partial charge on any atom is -0.326 e. The first-order valence-corrected chi connectivity index (χ1v) is 9.43. The van der Waals surface area contributed by atoms with Crippen LogP contribution in [-0.4, -0.2) is 19.9 Å². The Kier molecular flexibility index (Phi) is 4.88. The van der Waals surface area contributed by atoms with E-state index in [4.69, 9.17) is 11.6 Å². The first-order chi connectivity index (χ1) is 13.5. The molecule has 3 aromatic heterocycles. The largest absolute Gasteiger partial charge is 0.326 e. The van der Waals surface area contributed by atoms with Crippen LogP contribution >= 0.6 is 11.6 Å². The molecular formula is C21H19ClN4O2. The molecule has 0 unspecified atom stereocenters. The number of aromatic nitrogens is 3. The number of rotatable bonds is 5. The van der Waals surface area contributed by atoms with Gasteiger partial charge in [-0.15, -0.1) is 0 Å². The van der Waals surface area contributed by atoms with E-state index in [-0.39, 0.29) is 11.5 Å². The van der Waals surface area contributed by atoms with E-state index in [1.54, 1.807) is 22.9 Å². The van der Waals surface area contributed by atoms with Gasteiger partial charge in [-0.2, -0.15) is 0 Å². The normalized spacial score (nSPS) is 11.2. The Hall–Kier alpha value is -3.12. The minimum atomic E-state index is -0.117. The van der Waals surface area contributed by atoms with Crippen LogP contribution in [0.4, 0.5) is 5.69 Å². The van der Waals surface area contributed by atoms with Crippen LogP contribution in [0.1, 0.15) is 18.4 Å². The Morgan fingerprint density at radius 2 is 2.00 bits per heavy atom. The number of hydrogen-bond acceptors (Lipinski definition) is 3. The van der Waals surface area contributed by atoms with Crippen molar-refractivity contribution in [2.24, 2.45) is 0 Å². The zero-order valence-corrected chi connectivity index (χ0v) is 16.1. The lowest BCUT2D eigenvalue weighted by Crippen LogP contribution is -2.24. The molecule has 6 nitrogen and oxygen atoms in total. The fourth-order valence-corrected chi connectivity index (χ4v) is 3.46. The van der Waals surface area contributed by atoms with Gasteiger partial charge in [0.15, 0.2) is 5.65 Å². The summed E-state index contributed by atoms with van der Waals surface area (Å²) in [5.41, 5.74) is 3.59. The van der Waals surface area contributed by atoms with E-state index < -0.39 is 0 Å². The smallest absolute Gasteiger partial charge is 0.276 e. The standard InChI is InChI=1S/C21H19ClN4O2/c1-14-8-9-15(13-16(14)22)24-19(27)7-4-12-26-20-17(5-2-10-23-20)25-11-3-6-18(25)21(26)28/h2-3,5-6,8-11,13H,4,7,12H2,1H3,(H,24,27). The van der Waals surface area contributed by atoms with Gasteiger partial charge in [0.2, 0.25) is 5.91 Å². The van der Waals surface area contributed by atoms with E-state index in [1.165, 1.54) is 0 Å². The third-order valence-electron chi connectivity index (χ3n) is 4.74. The van der Waals surface area contributed by atoms with Gasteiger partial charge >= 0.3 is 0 Å². The lowest BCUT2D eigenvalue weighted by Gasteiger charge is -2.12. The van der Waals surface area contributed by atoms with Crippen LogP contribution in [0.15, 0.2) is 59.7 Å². The molecule has 7 heteroatoms. The number of amides is 1. The molecule has 142 valence electrons. The van der Waals surface area contributed by atoms with Crippen molar-refractivity contribution < 1.29 is 4.79 Å². The number of carbonyl (C=O) groups is 1. The Bertz CT molecular complexity index is 1240. The van der Waals surface area contributed by atoms with Crippen LogP contribution in [0.5, 0.6) is 0 Å². The number of hydrogen-bond donors (Lipinski definition) is 1. The maximum absolute atomic E-state index is 12.8. The van der Waals surface area contributed by atoms with Crippen molar-refractivity contribution in [2.45, 2.75) is 26.3 Å². The van der Waals surface area contributed by atoms with Gasteiger partial charge in [0.25, 0.3) is 5.56 Å². The second-order valence-corrected chi connectivity index (χ2v) is 7.09. The molecule has 0 atom stereocenters. The molecule has 4 rings (SSSR count). The molecule has 1 aromatic carbocycles. The van der Waals surface area contributed by atoms with Crippen molar-refractivity contribution in [2.75, 3.05) is 5.32 Å². The summed E-state index contributed by atoms with van der Waals surface area (Å²) in [6.07, 6.45) is 4.33. The number of nitrogens with one attached hydrogen (secondary N) is 1. The highest BCUT2D eigenvalue weighted by molar-refractivity contribution is 6.31. The fraction of sp³-hybridized carbons (Fsp3) is 0.190. The van der Waals surface area contributed by atoms with Gasteiger partial charge in [0, 0.05) is 36.1 Å². The number of anilines is 1. The number of aryl methyl sites for hydroxylation is 2. The average molecular weight is 395 g/mol. The molecular weight excluding hydrogens is 376 g/mol. The Balaban J connectivity index is 1.51. The molecule has 0 aliphatic carbocycles. The van der Waals surface area contributed by atoms with Crippen LogP contribution in [0.25, 0.3) is 16.7 Å². The average Bonchev–Trinajstić information content (AvgIpc) is 3.18. The SMILES string of the molecule is Cc1ccc(NC(=O)CCCn2c(=O)c3cccn3c3cccnc32)cc1Cl. The van der Waals surface area contributed by atoms with Gasteiger partial charge in [-0.3, -0.25) is 14.2 Å². The topological polar surface area (TPSA) is 68.4 Å². The molecule has 0 radical (unpaired) electrons. The lowest BCUT2D eigenvalue weighted by atomic mass is 10.2. The van der Waals surface area contributed by atoms with Gasteiger partial charge in [0.1, 0.15) is 5.52 Å². The third kappa shape index (κ3) is 3.39. The van der Waals surface area contributed by atoms with Gasteiger partial charge in [-0.05, 0) is 55.3 Å². The molecule has 0 fully saturated rings. The summed E-state index contributed by atoms with van der Waals surface area (Å²) >= 11 is 6.09. The van der Waals surface area contributed by atoms with E-state index in [1.807, 2.05) is 47.9 Å². The van der Waals surface area contributed by atoms with Crippen LogP contribution in [0.3, 0.4) is 0 Å². The number of carbonyl (C=O) groups excluding carboxylic acids is 1. The number of fused-ring (bicyclic) bond motifs is 3. The molecule has 0 saturated carbocycles. The van der Waals surface area contributed by atoms with Crippen LogP contribution in [-0.2, 0) is 11.3 Å². The summed E-state index contributed by atoms with van der Waals surface area (Å²) in [6.45, 7) is 2.32. The van der Waals surface area contributed by atoms with E-state index in [9.17, 15) is 9.59 Å². The van der Waals surface area contributed by atoms with Crippen molar-refractivity contribution >= 4 is 39.9 Å². The molecule has 0 saturated heterocycles. The zero-order chi connectivity index (χ0) is 19.7. The number of halogens is 1. The summed E-state index contributed by atoms with van der Waals surface area (Å²) in [4.78, 5) is 29.5. The summed E-state index contributed by atoms with van der Waals surface area (Å²) in [6, 6.07) is 12.8. The Labute approximate surface area is 166 Å². The van der Waals surface area contributed by atoms with Crippen molar-refractivity contribution in [3.63, 3.8) is 0 Å². The monoisotopic (exact) mass is 394 g/mol. The minimum absolute atomic E-state index is 0.109. The molecule has 1 amide bonds. The van der Waals surface area contributed by atoms with Crippen molar-refractivity contribution in [3.05, 3.63) is 75.8 Å². The molecule has 1 N–H and O–H groups in total. The Morgan fingerprint density at radius 3 is 2.82 bits per heavy atom. The highest BCUT2D eigenvalue weighted by atomic mass is 35.5. The van der Waals surface area contributed by atoms with Crippen LogP contribution < -0.4 is 10.9 Å². The fourth-order valence-electron chi connectivity index (χ4n) is 3.28. The van der Waals surface area contributed by atoms with Gasteiger partial charge in [-0.25, -0.2) is 4.98 Å². The van der Waals surface area contributed by atoms with Crippen LogP contribution in [0.2, 0.25) is 5.02 Å². The molecule has 0 aliphatic rings. The number of pyridine rings is 1. The van der Waals surface area contributed by atoms with E-state index in [0.717, 1.165) is 11.1 Å². The zero-order valence-electron chi connectivity index (χ0n) is 15.4.